The Labute approximate surface area is 91.6 Å². The molecule has 1 N–H and O–H groups in total. The number of methoxy groups -OCH3 is 1. The molecule has 0 atom stereocenters. The van der Waals surface area contributed by atoms with Gasteiger partial charge in [-0.25, -0.2) is 4.39 Å². The highest BCUT2D eigenvalue weighted by atomic mass is 79.9. The number of ether oxygens (including phenoxy) is 1. The van der Waals surface area contributed by atoms with Gasteiger partial charge in [-0.2, -0.15) is 0 Å². The molecule has 0 saturated heterocycles. The lowest BCUT2D eigenvalue weighted by Gasteiger charge is -2.11. The molecule has 78 valence electrons. The van der Waals surface area contributed by atoms with E-state index in [1.807, 2.05) is 7.05 Å². The van der Waals surface area contributed by atoms with Gasteiger partial charge in [0.1, 0.15) is 11.6 Å². The van der Waals surface area contributed by atoms with Crippen LogP contribution in [0, 0.1) is 5.82 Å². The third-order valence-electron chi connectivity index (χ3n) is 1.98. The summed E-state index contributed by atoms with van der Waals surface area (Å²) < 4.78 is 19.3. The van der Waals surface area contributed by atoms with Crippen molar-refractivity contribution in [2.24, 2.45) is 0 Å². The molecule has 0 heterocycles. The van der Waals surface area contributed by atoms with Crippen molar-refractivity contribution in [3.8, 4) is 5.75 Å². The number of likely N-dealkylation sites (N-methyl/N-ethyl adjacent to an activating group) is 1. The van der Waals surface area contributed by atoms with Crippen molar-refractivity contribution in [1.29, 1.82) is 0 Å². The lowest BCUT2D eigenvalue weighted by Crippen LogP contribution is -2.12. The van der Waals surface area contributed by atoms with Gasteiger partial charge >= 0.3 is 0 Å². The predicted octanol–water partition coefficient (Wildman–Crippen LogP) is 2.36. The zero-order valence-electron chi connectivity index (χ0n) is 8.23. The van der Waals surface area contributed by atoms with Gasteiger partial charge in [0.05, 0.1) is 11.6 Å². The smallest absolute Gasteiger partial charge is 0.139 e. The first-order chi connectivity index (χ1) is 6.70. The summed E-state index contributed by atoms with van der Waals surface area (Å²) in [6, 6.07) is 3.09. The van der Waals surface area contributed by atoms with Crippen molar-refractivity contribution < 1.29 is 9.13 Å². The van der Waals surface area contributed by atoms with Crippen molar-refractivity contribution in [3.05, 3.63) is 28.0 Å². The largest absolute Gasteiger partial charge is 0.495 e. The second-order valence-electron chi connectivity index (χ2n) is 2.89. The van der Waals surface area contributed by atoms with Crippen molar-refractivity contribution in [3.63, 3.8) is 0 Å². The third kappa shape index (κ3) is 2.45. The van der Waals surface area contributed by atoms with E-state index >= 15 is 0 Å². The Morgan fingerprint density at radius 3 is 2.79 bits per heavy atom. The second-order valence-corrected chi connectivity index (χ2v) is 3.75. The topological polar surface area (TPSA) is 21.3 Å². The summed E-state index contributed by atoms with van der Waals surface area (Å²) in [4.78, 5) is 0. The van der Waals surface area contributed by atoms with Crippen molar-refractivity contribution in [2.75, 3.05) is 20.7 Å². The molecular formula is C10H13BrFNO. The highest BCUT2D eigenvalue weighted by Gasteiger charge is 2.11. The Morgan fingerprint density at radius 2 is 2.21 bits per heavy atom. The van der Waals surface area contributed by atoms with Crippen LogP contribution in [0.2, 0.25) is 0 Å². The lowest BCUT2D eigenvalue weighted by molar-refractivity contribution is 0.401. The molecule has 2 nitrogen and oxygen atoms in total. The SMILES string of the molecule is CNCCc1c(F)ccc(Br)c1OC. The average molecular weight is 262 g/mol. The van der Waals surface area contributed by atoms with E-state index in [1.165, 1.54) is 6.07 Å². The minimum Gasteiger partial charge on any atom is -0.495 e. The zero-order valence-corrected chi connectivity index (χ0v) is 9.82. The van der Waals surface area contributed by atoms with Gasteiger partial charge in [-0.15, -0.1) is 0 Å². The molecular weight excluding hydrogens is 249 g/mol. The van der Waals surface area contributed by atoms with Crippen LogP contribution < -0.4 is 10.1 Å². The number of halogens is 2. The Hall–Kier alpha value is -0.610. The summed E-state index contributed by atoms with van der Waals surface area (Å²) in [5.41, 5.74) is 0.608. The number of hydrogen-bond acceptors (Lipinski definition) is 2. The average Bonchev–Trinajstić information content (AvgIpc) is 2.19. The van der Waals surface area contributed by atoms with Crippen molar-refractivity contribution in [1.82, 2.24) is 5.32 Å². The maximum atomic E-state index is 13.4. The van der Waals surface area contributed by atoms with Crippen LogP contribution in [0.15, 0.2) is 16.6 Å². The van der Waals surface area contributed by atoms with Gasteiger partial charge in [-0.05, 0) is 48.1 Å². The first-order valence-electron chi connectivity index (χ1n) is 4.36. The van der Waals surface area contributed by atoms with E-state index in [9.17, 15) is 4.39 Å². The van der Waals surface area contributed by atoms with Crippen LogP contribution in [0.25, 0.3) is 0 Å². The molecule has 1 aromatic rings. The van der Waals surface area contributed by atoms with Crippen LogP contribution in [-0.2, 0) is 6.42 Å². The van der Waals surface area contributed by atoms with Crippen LogP contribution in [0.5, 0.6) is 5.75 Å². The Balaban J connectivity index is 3.03. The Kier molecular flexibility index (Phi) is 4.35. The van der Waals surface area contributed by atoms with Gasteiger partial charge in [-0.3, -0.25) is 0 Å². The summed E-state index contributed by atoms with van der Waals surface area (Å²) >= 11 is 3.32. The molecule has 0 amide bonds. The van der Waals surface area contributed by atoms with E-state index in [4.69, 9.17) is 4.74 Å². The van der Waals surface area contributed by atoms with Gasteiger partial charge in [-0.1, -0.05) is 0 Å². The van der Waals surface area contributed by atoms with Crippen molar-refractivity contribution >= 4 is 15.9 Å². The Bertz CT molecular complexity index is 317. The van der Waals surface area contributed by atoms with Gasteiger partial charge in [0.2, 0.25) is 0 Å². The molecule has 1 rings (SSSR count). The molecule has 1 aromatic carbocycles. The third-order valence-corrected chi connectivity index (χ3v) is 2.61. The summed E-state index contributed by atoms with van der Waals surface area (Å²) in [5.74, 6) is 0.362. The van der Waals surface area contributed by atoms with E-state index in [1.54, 1.807) is 13.2 Å². The lowest BCUT2D eigenvalue weighted by atomic mass is 10.1. The molecule has 0 aliphatic rings. The van der Waals surface area contributed by atoms with Crippen LogP contribution in [0.1, 0.15) is 5.56 Å². The van der Waals surface area contributed by atoms with Crippen LogP contribution >= 0.6 is 15.9 Å². The summed E-state index contributed by atoms with van der Waals surface area (Å²) in [5, 5.41) is 2.98. The zero-order chi connectivity index (χ0) is 10.6. The first kappa shape index (κ1) is 11.5. The van der Waals surface area contributed by atoms with Gasteiger partial charge < -0.3 is 10.1 Å². The predicted molar refractivity (Wildman–Crippen MR) is 58.3 cm³/mol. The number of benzene rings is 1. The summed E-state index contributed by atoms with van der Waals surface area (Å²) in [6.45, 7) is 0.726. The van der Waals surface area contributed by atoms with Gasteiger partial charge in [0.15, 0.2) is 0 Å². The molecule has 0 saturated carbocycles. The molecule has 0 aromatic heterocycles. The highest BCUT2D eigenvalue weighted by Crippen LogP contribution is 2.30. The van der Waals surface area contributed by atoms with E-state index in [0.29, 0.717) is 17.7 Å². The molecule has 14 heavy (non-hydrogen) atoms. The Morgan fingerprint density at radius 1 is 1.50 bits per heavy atom. The standard InChI is InChI=1S/C10H13BrFNO/c1-13-6-5-7-9(12)4-3-8(11)10(7)14-2/h3-4,13H,5-6H2,1-2H3. The molecule has 0 aliphatic carbocycles. The molecule has 4 heteroatoms. The minimum atomic E-state index is -0.222. The monoisotopic (exact) mass is 261 g/mol. The summed E-state index contributed by atoms with van der Waals surface area (Å²) in [7, 11) is 3.38. The number of hydrogen-bond donors (Lipinski definition) is 1. The highest BCUT2D eigenvalue weighted by molar-refractivity contribution is 9.10. The van der Waals surface area contributed by atoms with Gasteiger partial charge in [0.25, 0.3) is 0 Å². The molecule has 0 fully saturated rings. The fourth-order valence-electron chi connectivity index (χ4n) is 1.28. The normalized spacial score (nSPS) is 10.3. The fraction of sp³-hybridized carbons (Fsp3) is 0.400. The molecule has 0 spiro atoms. The fourth-order valence-corrected chi connectivity index (χ4v) is 1.81. The second kappa shape index (κ2) is 5.32. The molecule has 0 unspecified atom stereocenters. The first-order valence-corrected chi connectivity index (χ1v) is 5.15. The minimum absolute atomic E-state index is 0.222. The number of rotatable bonds is 4. The number of nitrogens with one attached hydrogen (secondary N) is 1. The van der Waals surface area contributed by atoms with Crippen molar-refractivity contribution in [2.45, 2.75) is 6.42 Å². The van der Waals surface area contributed by atoms with E-state index in [0.717, 1.165) is 11.0 Å². The molecule has 0 radical (unpaired) electrons. The molecule has 0 aliphatic heterocycles. The van der Waals surface area contributed by atoms with E-state index in [2.05, 4.69) is 21.2 Å². The maximum absolute atomic E-state index is 13.4. The maximum Gasteiger partial charge on any atom is 0.139 e. The summed E-state index contributed by atoms with van der Waals surface area (Å²) in [6.07, 6.45) is 0.616. The van der Waals surface area contributed by atoms with Crippen LogP contribution in [0.3, 0.4) is 0 Å². The van der Waals surface area contributed by atoms with Crippen LogP contribution in [0.4, 0.5) is 4.39 Å². The van der Waals surface area contributed by atoms with Crippen LogP contribution in [-0.4, -0.2) is 20.7 Å². The quantitative estimate of drug-likeness (QED) is 0.899. The molecule has 0 bridgehead atoms. The van der Waals surface area contributed by atoms with E-state index in [-0.39, 0.29) is 5.82 Å². The van der Waals surface area contributed by atoms with Gasteiger partial charge in [0, 0.05) is 5.56 Å². The van der Waals surface area contributed by atoms with E-state index < -0.39 is 0 Å².